The molecule has 0 aliphatic carbocycles. The number of carbonyl (C=O) groups excluding carboxylic acids is 2. The molecule has 21 heavy (non-hydrogen) atoms. The zero-order valence-corrected chi connectivity index (χ0v) is 11.0. The Labute approximate surface area is 117 Å². The second-order valence-electron chi connectivity index (χ2n) is 3.80. The van der Waals surface area contributed by atoms with Crippen molar-refractivity contribution in [3.63, 3.8) is 0 Å². The second-order valence-corrected chi connectivity index (χ2v) is 3.80. The second kappa shape index (κ2) is 5.70. The summed E-state index contributed by atoms with van der Waals surface area (Å²) in [6.45, 7) is 0. The van der Waals surface area contributed by atoms with Crippen LogP contribution in [0.1, 0.15) is 21.0 Å². The molecule has 0 saturated heterocycles. The Kier molecular flexibility index (Phi) is 3.97. The van der Waals surface area contributed by atoms with Gasteiger partial charge in [0.1, 0.15) is 11.6 Å². The number of benzene rings is 1. The van der Waals surface area contributed by atoms with Crippen LogP contribution in [-0.2, 0) is 9.47 Å². The third-order valence-electron chi connectivity index (χ3n) is 2.54. The van der Waals surface area contributed by atoms with Crippen molar-refractivity contribution in [2.24, 2.45) is 0 Å². The zero-order chi connectivity index (χ0) is 15.6. The first-order valence-corrected chi connectivity index (χ1v) is 5.60. The van der Waals surface area contributed by atoms with Crippen LogP contribution in [0.4, 0.5) is 8.78 Å². The van der Waals surface area contributed by atoms with E-state index in [1.807, 2.05) is 0 Å². The number of hydrogen-bond acceptors (Lipinski definition) is 6. The summed E-state index contributed by atoms with van der Waals surface area (Å²) in [5, 5.41) is 0. The summed E-state index contributed by atoms with van der Waals surface area (Å²) in [5.41, 5.74) is -0.821. The van der Waals surface area contributed by atoms with E-state index in [2.05, 4.69) is 14.5 Å². The molecule has 0 fully saturated rings. The predicted octanol–water partition coefficient (Wildman–Crippen LogP) is 2.19. The number of methoxy groups -OCH3 is 2. The smallest absolute Gasteiger partial charge is 0.376 e. The summed E-state index contributed by atoms with van der Waals surface area (Å²) in [7, 11) is 2.13. The maximum atomic E-state index is 13.7. The van der Waals surface area contributed by atoms with Crippen LogP contribution in [0.5, 0.6) is 0 Å². The van der Waals surface area contributed by atoms with Crippen molar-refractivity contribution in [2.75, 3.05) is 14.2 Å². The highest BCUT2D eigenvalue weighted by Gasteiger charge is 2.28. The zero-order valence-electron chi connectivity index (χ0n) is 11.0. The largest absolute Gasteiger partial charge is 0.464 e. The quantitative estimate of drug-likeness (QED) is 0.808. The maximum Gasteiger partial charge on any atom is 0.376 e. The first-order valence-electron chi connectivity index (χ1n) is 5.60. The fourth-order valence-electron chi connectivity index (χ4n) is 1.56. The van der Waals surface area contributed by atoms with Crippen molar-refractivity contribution in [3.05, 3.63) is 41.3 Å². The number of aromatic nitrogens is 1. The molecule has 0 saturated carbocycles. The molecule has 2 aromatic rings. The molecule has 0 N–H and O–H groups in total. The number of hydrogen-bond donors (Lipinski definition) is 0. The molecule has 0 bridgehead atoms. The van der Waals surface area contributed by atoms with E-state index >= 15 is 0 Å². The normalized spacial score (nSPS) is 10.3. The van der Waals surface area contributed by atoms with Crippen molar-refractivity contribution >= 4 is 11.9 Å². The third-order valence-corrected chi connectivity index (χ3v) is 2.54. The third kappa shape index (κ3) is 2.73. The molecular formula is C13H9F2NO5. The minimum absolute atomic E-state index is 0.338. The molecule has 0 atom stereocenters. The van der Waals surface area contributed by atoms with Crippen molar-refractivity contribution in [1.29, 1.82) is 0 Å². The maximum absolute atomic E-state index is 13.7. The summed E-state index contributed by atoms with van der Waals surface area (Å²) < 4.78 is 40.7. The summed E-state index contributed by atoms with van der Waals surface area (Å²) in [5.74, 6) is -4.52. The van der Waals surface area contributed by atoms with Gasteiger partial charge in [0, 0.05) is 0 Å². The Bertz CT molecular complexity index is 677. The molecule has 0 spiro atoms. The monoisotopic (exact) mass is 297 g/mol. The van der Waals surface area contributed by atoms with Crippen LogP contribution < -0.4 is 0 Å². The molecular weight excluding hydrogens is 288 g/mol. The standard InChI is InChI=1S/C13H9F2NO5/c1-19-12(17)9-10(13(18)20-2)21-11(16-9)7-5-6(14)3-4-8(7)15/h3-5H,1-2H3. The van der Waals surface area contributed by atoms with Gasteiger partial charge in [0.15, 0.2) is 0 Å². The number of ether oxygens (including phenoxy) is 2. The Morgan fingerprint density at radius 3 is 2.43 bits per heavy atom. The summed E-state index contributed by atoms with van der Waals surface area (Å²) in [6.07, 6.45) is 0. The van der Waals surface area contributed by atoms with Gasteiger partial charge in [-0.15, -0.1) is 0 Å². The molecule has 1 aromatic heterocycles. The van der Waals surface area contributed by atoms with Gasteiger partial charge in [-0.25, -0.2) is 23.4 Å². The van der Waals surface area contributed by atoms with Crippen LogP contribution in [-0.4, -0.2) is 31.1 Å². The number of carbonyl (C=O) groups is 2. The molecule has 1 heterocycles. The minimum atomic E-state index is -0.994. The van der Waals surface area contributed by atoms with Crippen molar-refractivity contribution < 1.29 is 32.3 Å². The van der Waals surface area contributed by atoms with Crippen molar-refractivity contribution in [2.45, 2.75) is 0 Å². The molecule has 110 valence electrons. The number of esters is 2. The summed E-state index contributed by atoms with van der Waals surface area (Å²) >= 11 is 0. The van der Waals surface area contributed by atoms with Crippen molar-refractivity contribution in [1.82, 2.24) is 4.98 Å². The SMILES string of the molecule is COC(=O)c1nc(-c2cc(F)ccc2F)oc1C(=O)OC. The summed E-state index contributed by atoms with van der Waals surface area (Å²) in [4.78, 5) is 26.7. The highest BCUT2D eigenvalue weighted by atomic mass is 19.1. The van der Waals surface area contributed by atoms with Gasteiger partial charge in [-0.3, -0.25) is 0 Å². The van der Waals surface area contributed by atoms with E-state index in [0.29, 0.717) is 0 Å². The van der Waals surface area contributed by atoms with Gasteiger partial charge in [0.2, 0.25) is 17.3 Å². The van der Waals surface area contributed by atoms with Crippen molar-refractivity contribution in [3.8, 4) is 11.5 Å². The van der Waals surface area contributed by atoms with E-state index in [9.17, 15) is 18.4 Å². The Balaban J connectivity index is 2.61. The van der Waals surface area contributed by atoms with Gasteiger partial charge < -0.3 is 13.9 Å². The Morgan fingerprint density at radius 2 is 1.81 bits per heavy atom. The van der Waals surface area contributed by atoms with Gasteiger partial charge in [0.05, 0.1) is 19.8 Å². The highest BCUT2D eigenvalue weighted by molar-refractivity contribution is 6.00. The lowest BCUT2D eigenvalue weighted by molar-refractivity contribution is 0.0527. The van der Waals surface area contributed by atoms with Gasteiger partial charge in [-0.1, -0.05) is 0 Å². The minimum Gasteiger partial charge on any atom is -0.464 e. The van der Waals surface area contributed by atoms with E-state index in [1.165, 1.54) is 0 Å². The average molecular weight is 297 g/mol. The van der Waals surface area contributed by atoms with E-state index in [0.717, 1.165) is 32.4 Å². The predicted molar refractivity (Wildman–Crippen MR) is 64.5 cm³/mol. The number of rotatable bonds is 3. The first kappa shape index (κ1) is 14.6. The lowest BCUT2D eigenvalue weighted by atomic mass is 10.2. The molecule has 1 aromatic carbocycles. The fourth-order valence-corrected chi connectivity index (χ4v) is 1.56. The topological polar surface area (TPSA) is 78.6 Å². The molecule has 8 heteroatoms. The van der Waals surface area contributed by atoms with E-state index in [1.54, 1.807) is 0 Å². The lowest BCUT2D eigenvalue weighted by Crippen LogP contribution is -2.10. The van der Waals surface area contributed by atoms with E-state index in [-0.39, 0.29) is 5.56 Å². The molecule has 6 nitrogen and oxygen atoms in total. The average Bonchev–Trinajstić information content (AvgIpc) is 2.93. The van der Waals surface area contributed by atoms with Crippen LogP contribution >= 0.6 is 0 Å². The molecule has 0 radical (unpaired) electrons. The first-order chi connectivity index (χ1) is 9.97. The highest BCUT2D eigenvalue weighted by Crippen LogP contribution is 2.26. The number of nitrogens with zero attached hydrogens (tertiary/aromatic N) is 1. The lowest BCUT2D eigenvalue weighted by Gasteiger charge is -1.98. The van der Waals surface area contributed by atoms with Crippen LogP contribution in [0.25, 0.3) is 11.5 Å². The summed E-state index contributed by atoms with van der Waals surface area (Å²) in [6, 6.07) is 2.60. The van der Waals surface area contributed by atoms with Crippen LogP contribution in [0.2, 0.25) is 0 Å². The van der Waals surface area contributed by atoms with Gasteiger partial charge in [-0.05, 0) is 18.2 Å². The van der Waals surface area contributed by atoms with Crippen LogP contribution in [0.3, 0.4) is 0 Å². The Morgan fingerprint density at radius 1 is 1.14 bits per heavy atom. The van der Waals surface area contributed by atoms with Gasteiger partial charge in [0.25, 0.3) is 0 Å². The fraction of sp³-hybridized carbons (Fsp3) is 0.154. The van der Waals surface area contributed by atoms with Crippen LogP contribution in [0, 0.1) is 11.6 Å². The van der Waals surface area contributed by atoms with Gasteiger partial charge in [-0.2, -0.15) is 0 Å². The molecule has 0 amide bonds. The van der Waals surface area contributed by atoms with Crippen LogP contribution in [0.15, 0.2) is 22.6 Å². The Hall–Kier alpha value is -2.77. The number of halogens is 2. The molecule has 0 aliphatic heterocycles. The number of oxazole rings is 1. The molecule has 0 unspecified atom stereocenters. The van der Waals surface area contributed by atoms with E-state index in [4.69, 9.17) is 4.42 Å². The van der Waals surface area contributed by atoms with E-state index < -0.39 is 40.9 Å². The van der Waals surface area contributed by atoms with Gasteiger partial charge >= 0.3 is 11.9 Å². The molecule has 2 rings (SSSR count). The molecule has 0 aliphatic rings.